The fraction of sp³-hybridized carbons (Fsp3) is 0.875. The summed E-state index contributed by atoms with van der Waals surface area (Å²) < 4.78 is 9.37. The molecule has 1 atom stereocenters. The minimum Gasteiger partial charge on any atom is -0.408 e. The van der Waals surface area contributed by atoms with Gasteiger partial charge in [0, 0.05) is 13.8 Å². The highest BCUT2D eigenvalue weighted by Gasteiger charge is 2.23. The molecule has 0 saturated carbocycles. The average Bonchev–Trinajstić information content (AvgIpc) is 1.84. The molecule has 0 radical (unpaired) electrons. The number of esters is 1. The lowest BCUT2D eigenvalue weighted by molar-refractivity contribution is -0.330. The van der Waals surface area contributed by atoms with Crippen LogP contribution in [-0.4, -0.2) is 23.7 Å². The molecule has 4 heteroatoms. The van der Waals surface area contributed by atoms with Crippen LogP contribution in [0.25, 0.3) is 0 Å². The van der Waals surface area contributed by atoms with Crippen LogP contribution in [0.15, 0.2) is 0 Å². The van der Waals surface area contributed by atoms with Crippen LogP contribution < -0.4 is 0 Å². The second-order valence-corrected chi connectivity index (χ2v) is 2.69. The molecule has 4 nitrogen and oxygen atoms in total. The smallest absolute Gasteiger partial charge is 0.323 e. The van der Waals surface area contributed by atoms with Crippen LogP contribution >= 0.6 is 0 Å². The Morgan fingerprint density at radius 1 is 1.58 bits per heavy atom. The lowest BCUT2D eigenvalue weighted by atomic mass is 10.4. The van der Waals surface area contributed by atoms with Crippen LogP contribution in [-0.2, 0) is 14.3 Å². The molecular formula is C8H16O4. The Morgan fingerprint density at radius 2 is 2.17 bits per heavy atom. The molecule has 1 N–H and O–H groups in total. The Kier molecular flexibility index (Phi) is 4.85. The maximum absolute atomic E-state index is 10.4. The summed E-state index contributed by atoms with van der Waals surface area (Å²) in [6.07, 6.45) is 1.80. The second kappa shape index (κ2) is 5.11. The van der Waals surface area contributed by atoms with Crippen molar-refractivity contribution >= 4 is 5.97 Å². The maximum Gasteiger partial charge on any atom is 0.323 e. The molecule has 0 aliphatic rings. The topological polar surface area (TPSA) is 55.8 Å². The summed E-state index contributed by atoms with van der Waals surface area (Å²) in [6, 6.07) is 0. The van der Waals surface area contributed by atoms with E-state index in [-0.39, 0.29) is 0 Å². The van der Waals surface area contributed by atoms with Gasteiger partial charge in [0.25, 0.3) is 0 Å². The molecule has 0 saturated heterocycles. The van der Waals surface area contributed by atoms with Gasteiger partial charge in [-0.05, 0) is 6.42 Å². The second-order valence-electron chi connectivity index (χ2n) is 2.69. The quantitative estimate of drug-likeness (QED) is 0.386. The van der Waals surface area contributed by atoms with Crippen LogP contribution in [0.5, 0.6) is 0 Å². The maximum atomic E-state index is 10.4. The fourth-order valence-electron chi connectivity index (χ4n) is 0.702. The first-order valence-corrected chi connectivity index (χ1v) is 4.04. The minimum absolute atomic E-state index is 0.386. The third-order valence-electron chi connectivity index (χ3n) is 1.20. The summed E-state index contributed by atoms with van der Waals surface area (Å²) in [5, 5.41) is 9.25. The summed E-state index contributed by atoms with van der Waals surface area (Å²) in [4.78, 5) is 10.4. The van der Waals surface area contributed by atoms with Gasteiger partial charge >= 0.3 is 11.9 Å². The van der Waals surface area contributed by atoms with E-state index in [0.29, 0.717) is 6.61 Å². The Labute approximate surface area is 72.5 Å². The number of hydrogen-bond acceptors (Lipinski definition) is 4. The molecule has 0 aromatic carbocycles. The number of carbonyl (C=O) groups excluding carboxylic acids is 1. The van der Waals surface area contributed by atoms with Crippen LogP contribution in [0.2, 0.25) is 0 Å². The largest absolute Gasteiger partial charge is 0.408 e. The Morgan fingerprint density at radius 3 is 2.58 bits per heavy atom. The molecule has 0 bridgehead atoms. The van der Waals surface area contributed by atoms with Gasteiger partial charge in [0.15, 0.2) is 0 Å². The first-order chi connectivity index (χ1) is 5.48. The van der Waals surface area contributed by atoms with E-state index in [2.05, 4.69) is 4.74 Å². The van der Waals surface area contributed by atoms with Gasteiger partial charge in [-0.1, -0.05) is 13.3 Å². The molecule has 0 aliphatic carbocycles. The van der Waals surface area contributed by atoms with Gasteiger partial charge in [0.1, 0.15) is 0 Å². The molecule has 1 unspecified atom stereocenters. The van der Waals surface area contributed by atoms with E-state index in [1.807, 2.05) is 6.92 Å². The molecule has 72 valence electrons. The molecule has 0 aromatic heterocycles. The summed E-state index contributed by atoms with van der Waals surface area (Å²) in [7, 11) is 0. The van der Waals surface area contributed by atoms with Crippen LogP contribution in [0, 0.1) is 0 Å². The Balaban J connectivity index is 3.63. The van der Waals surface area contributed by atoms with Gasteiger partial charge in [-0.2, -0.15) is 0 Å². The van der Waals surface area contributed by atoms with E-state index < -0.39 is 11.9 Å². The van der Waals surface area contributed by atoms with E-state index in [1.165, 1.54) is 13.8 Å². The van der Waals surface area contributed by atoms with Crippen molar-refractivity contribution in [2.45, 2.75) is 39.6 Å². The van der Waals surface area contributed by atoms with Crippen LogP contribution in [0.4, 0.5) is 0 Å². The van der Waals surface area contributed by atoms with Gasteiger partial charge in [-0.25, -0.2) is 0 Å². The van der Waals surface area contributed by atoms with E-state index in [0.717, 1.165) is 12.8 Å². The van der Waals surface area contributed by atoms with Crippen LogP contribution in [0.1, 0.15) is 33.6 Å². The lowest BCUT2D eigenvalue weighted by Crippen LogP contribution is -2.34. The standard InChI is InChI=1S/C8H16O4/c1-4-5-6-11-8(3,10)12-7(2)9/h10H,4-6H2,1-3H3. The number of ether oxygens (including phenoxy) is 2. The molecular weight excluding hydrogens is 160 g/mol. The molecule has 0 fully saturated rings. The Hall–Kier alpha value is -0.610. The van der Waals surface area contributed by atoms with Crippen molar-refractivity contribution < 1.29 is 19.4 Å². The van der Waals surface area contributed by atoms with Crippen molar-refractivity contribution in [3.8, 4) is 0 Å². The third-order valence-corrected chi connectivity index (χ3v) is 1.20. The predicted molar refractivity (Wildman–Crippen MR) is 43.2 cm³/mol. The normalized spacial score (nSPS) is 15.3. The predicted octanol–water partition coefficient (Wildman–Crippen LogP) is 1.03. The highest BCUT2D eigenvalue weighted by atomic mass is 16.8. The number of carbonyl (C=O) groups is 1. The molecule has 0 spiro atoms. The minimum atomic E-state index is -1.78. The van der Waals surface area contributed by atoms with Crippen molar-refractivity contribution in [1.29, 1.82) is 0 Å². The SMILES string of the molecule is CCCCOC(C)(O)OC(C)=O. The zero-order valence-corrected chi connectivity index (χ0v) is 7.79. The van der Waals surface area contributed by atoms with Crippen LogP contribution in [0.3, 0.4) is 0 Å². The molecule has 0 amide bonds. The highest BCUT2D eigenvalue weighted by molar-refractivity contribution is 5.66. The summed E-state index contributed by atoms with van der Waals surface area (Å²) in [5.74, 6) is -2.34. The summed E-state index contributed by atoms with van der Waals surface area (Å²) in [6.45, 7) is 4.91. The van der Waals surface area contributed by atoms with E-state index >= 15 is 0 Å². The summed E-state index contributed by atoms with van der Waals surface area (Å²) in [5.41, 5.74) is 0. The van der Waals surface area contributed by atoms with Gasteiger partial charge in [0.05, 0.1) is 6.61 Å². The van der Waals surface area contributed by atoms with E-state index in [9.17, 15) is 9.90 Å². The van der Waals surface area contributed by atoms with Crippen molar-refractivity contribution in [1.82, 2.24) is 0 Å². The van der Waals surface area contributed by atoms with Gasteiger partial charge in [-0.15, -0.1) is 0 Å². The third kappa shape index (κ3) is 6.12. The van der Waals surface area contributed by atoms with Gasteiger partial charge in [0.2, 0.25) is 0 Å². The molecule has 0 heterocycles. The van der Waals surface area contributed by atoms with Crippen molar-refractivity contribution in [2.24, 2.45) is 0 Å². The molecule has 12 heavy (non-hydrogen) atoms. The molecule has 0 aromatic rings. The summed E-state index contributed by atoms with van der Waals surface area (Å²) >= 11 is 0. The zero-order valence-electron chi connectivity index (χ0n) is 7.79. The van der Waals surface area contributed by atoms with Crippen molar-refractivity contribution in [3.05, 3.63) is 0 Å². The zero-order chi connectivity index (χ0) is 9.61. The molecule has 0 rings (SSSR count). The number of aliphatic hydroxyl groups is 1. The first-order valence-electron chi connectivity index (χ1n) is 4.04. The van der Waals surface area contributed by atoms with Gasteiger partial charge in [-0.3, -0.25) is 4.79 Å². The molecule has 0 aliphatic heterocycles. The van der Waals surface area contributed by atoms with E-state index in [4.69, 9.17) is 4.74 Å². The number of unbranched alkanes of at least 4 members (excludes halogenated alkanes) is 1. The van der Waals surface area contributed by atoms with E-state index in [1.54, 1.807) is 0 Å². The first kappa shape index (κ1) is 11.4. The fourth-order valence-corrected chi connectivity index (χ4v) is 0.702. The monoisotopic (exact) mass is 176 g/mol. The van der Waals surface area contributed by atoms with Crippen molar-refractivity contribution in [3.63, 3.8) is 0 Å². The number of rotatable bonds is 5. The average molecular weight is 176 g/mol. The lowest BCUT2D eigenvalue weighted by Gasteiger charge is -2.22. The van der Waals surface area contributed by atoms with Gasteiger partial charge < -0.3 is 14.6 Å². The Bertz CT molecular complexity index is 142. The van der Waals surface area contributed by atoms with Crippen molar-refractivity contribution in [2.75, 3.05) is 6.61 Å². The highest BCUT2D eigenvalue weighted by Crippen LogP contribution is 2.08. The number of hydrogen-bond donors (Lipinski definition) is 1.